The number of carbonyl (C=O) groups excluding carboxylic acids is 1. The number of aromatic nitrogens is 3. The van der Waals surface area contributed by atoms with Gasteiger partial charge in [-0.25, -0.2) is 9.48 Å². The highest BCUT2D eigenvalue weighted by molar-refractivity contribution is 9.10. The molecule has 6 nitrogen and oxygen atoms in total. The predicted molar refractivity (Wildman–Crippen MR) is 118 cm³/mol. The van der Waals surface area contributed by atoms with Crippen LogP contribution < -0.4 is 10.6 Å². The van der Waals surface area contributed by atoms with Crippen LogP contribution in [0.2, 0.25) is 0 Å². The number of nitrogens with one attached hydrogen (secondary N) is 2. The van der Waals surface area contributed by atoms with Crippen LogP contribution in [0.15, 0.2) is 83.6 Å². The van der Waals surface area contributed by atoms with Gasteiger partial charge in [0.25, 0.3) is 0 Å². The number of urea groups is 1. The van der Waals surface area contributed by atoms with Crippen molar-refractivity contribution in [1.29, 1.82) is 0 Å². The first-order valence-corrected chi connectivity index (χ1v) is 9.99. The fourth-order valence-corrected chi connectivity index (χ4v) is 3.39. The topological polar surface area (TPSA) is 63.9 Å². The van der Waals surface area contributed by atoms with E-state index in [9.17, 15) is 4.79 Å². The van der Waals surface area contributed by atoms with E-state index in [4.69, 9.17) is 5.10 Å². The summed E-state index contributed by atoms with van der Waals surface area (Å²) in [7, 11) is 0. The highest BCUT2D eigenvalue weighted by atomic mass is 79.9. The molecule has 0 aliphatic rings. The molecule has 0 saturated carbocycles. The molecule has 0 unspecified atom stereocenters. The molecule has 0 aliphatic heterocycles. The number of anilines is 1. The van der Waals surface area contributed by atoms with Crippen molar-refractivity contribution in [2.24, 2.45) is 0 Å². The zero-order valence-corrected chi connectivity index (χ0v) is 17.4. The van der Waals surface area contributed by atoms with Crippen molar-refractivity contribution < 1.29 is 4.79 Å². The summed E-state index contributed by atoms with van der Waals surface area (Å²) >= 11 is 3.39. The van der Waals surface area contributed by atoms with E-state index in [2.05, 4.69) is 26.6 Å². The molecule has 2 heterocycles. The lowest BCUT2D eigenvalue weighted by atomic mass is 10.2. The van der Waals surface area contributed by atoms with Crippen LogP contribution >= 0.6 is 15.9 Å². The van der Waals surface area contributed by atoms with E-state index < -0.39 is 0 Å². The van der Waals surface area contributed by atoms with Crippen molar-refractivity contribution in [2.75, 3.05) is 5.32 Å². The molecule has 2 amide bonds. The number of hydrogen-bond donors (Lipinski definition) is 2. The Morgan fingerprint density at radius 2 is 1.69 bits per heavy atom. The third-order valence-electron chi connectivity index (χ3n) is 4.53. The molecule has 2 N–H and O–H groups in total. The van der Waals surface area contributed by atoms with Gasteiger partial charge in [-0.2, -0.15) is 5.10 Å². The summed E-state index contributed by atoms with van der Waals surface area (Å²) in [6, 6.07) is 21.1. The Kier molecular flexibility index (Phi) is 5.48. The average molecular weight is 450 g/mol. The van der Waals surface area contributed by atoms with Gasteiger partial charge in [0.05, 0.1) is 17.9 Å². The summed E-state index contributed by atoms with van der Waals surface area (Å²) < 4.78 is 4.87. The van der Waals surface area contributed by atoms with Gasteiger partial charge in [0.15, 0.2) is 0 Å². The van der Waals surface area contributed by atoms with Gasteiger partial charge in [0.1, 0.15) is 5.82 Å². The average Bonchev–Trinajstić information content (AvgIpc) is 3.36. The maximum atomic E-state index is 12.4. The van der Waals surface area contributed by atoms with Crippen LogP contribution in [0.25, 0.3) is 11.5 Å². The van der Waals surface area contributed by atoms with Crippen molar-refractivity contribution in [3.05, 3.63) is 94.9 Å². The van der Waals surface area contributed by atoms with E-state index in [1.54, 1.807) is 0 Å². The SMILES string of the molecule is Cc1nn(-c2ccccc2)c(-n2cccc2)c1CNC(=O)Nc1ccc(Br)cc1. The van der Waals surface area contributed by atoms with E-state index in [0.717, 1.165) is 32.9 Å². The number of nitrogens with zero attached hydrogens (tertiary/aromatic N) is 3. The van der Waals surface area contributed by atoms with E-state index in [1.807, 2.05) is 95.3 Å². The molecular formula is C22H20BrN5O. The minimum Gasteiger partial charge on any atom is -0.334 e. The number of carbonyl (C=O) groups is 1. The first kappa shape index (κ1) is 19.0. The fraction of sp³-hybridized carbons (Fsp3) is 0.0909. The Bertz CT molecular complexity index is 1100. The molecule has 0 aliphatic carbocycles. The predicted octanol–water partition coefficient (Wildman–Crippen LogP) is 5.06. The van der Waals surface area contributed by atoms with Crippen molar-refractivity contribution in [3.63, 3.8) is 0 Å². The quantitative estimate of drug-likeness (QED) is 0.447. The number of amides is 2. The van der Waals surface area contributed by atoms with E-state index >= 15 is 0 Å². The van der Waals surface area contributed by atoms with Crippen LogP contribution in [-0.4, -0.2) is 20.4 Å². The maximum absolute atomic E-state index is 12.4. The molecule has 0 radical (unpaired) electrons. The summed E-state index contributed by atoms with van der Waals surface area (Å²) in [5, 5.41) is 10.5. The second-order valence-electron chi connectivity index (χ2n) is 6.54. The molecule has 0 atom stereocenters. The number of halogens is 1. The smallest absolute Gasteiger partial charge is 0.319 e. The Labute approximate surface area is 177 Å². The normalized spacial score (nSPS) is 10.7. The Hall–Kier alpha value is -3.32. The van der Waals surface area contributed by atoms with Crippen LogP contribution in [0, 0.1) is 6.92 Å². The standard InChI is InChI=1S/C22H20BrN5O/c1-16-20(15-24-22(29)25-18-11-9-17(23)10-12-18)21(27-13-5-6-14-27)28(26-16)19-7-3-2-4-8-19/h2-14H,15H2,1H3,(H2,24,25,29). The number of benzene rings is 2. The van der Waals surface area contributed by atoms with Gasteiger partial charge in [0.2, 0.25) is 0 Å². The van der Waals surface area contributed by atoms with E-state index in [0.29, 0.717) is 6.54 Å². The van der Waals surface area contributed by atoms with Crippen molar-refractivity contribution in [2.45, 2.75) is 13.5 Å². The molecule has 0 bridgehead atoms. The highest BCUT2D eigenvalue weighted by Gasteiger charge is 2.18. The number of para-hydroxylation sites is 1. The zero-order chi connectivity index (χ0) is 20.2. The molecule has 0 spiro atoms. The Morgan fingerprint density at radius 1 is 1.00 bits per heavy atom. The summed E-state index contributed by atoms with van der Waals surface area (Å²) in [5.41, 5.74) is 3.51. The lowest BCUT2D eigenvalue weighted by Crippen LogP contribution is -2.28. The van der Waals surface area contributed by atoms with Crippen LogP contribution in [0.4, 0.5) is 10.5 Å². The van der Waals surface area contributed by atoms with Crippen LogP contribution in [0.3, 0.4) is 0 Å². The van der Waals surface area contributed by atoms with Crippen molar-refractivity contribution >= 4 is 27.6 Å². The van der Waals surface area contributed by atoms with E-state index in [-0.39, 0.29) is 6.03 Å². The van der Waals surface area contributed by atoms with Gasteiger partial charge < -0.3 is 15.2 Å². The first-order chi connectivity index (χ1) is 14.1. The lowest BCUT2D eigenvalue weighted by Gasteiger charge is -2.12. The highest BCUT2D eigenvalue weighted by Crippen LogP contribution is 2.23. The van der Waals surface area contributed by atoms with Gasteiger partial charge in [0, 0.05) is 28.1 Å². The van der Waals surface area contributed by atoms with E-state index in [1.165, 1.54) is 0 Å². The first-order valence-electron chi connectivity index (χ1n) is 9.19. The van der Waals surface area contributed by atoms with Gasteiger partial charge >= 0.3 is 6.03 Å². The third-order valence-corrected chi connectivity index (χ3v) is 5.06. The van der Waals surface area contributed by atoms with Crippen LogP contribution in [0.1, 0.15) is 11.3 Å². The largest absolute Gasteiger partial charge is 0.334 e. The Morgan fingerprint density at radius 3 is 2.38 bits per heavy atom. The van der Waals surface area contributed by atoms with Crippen molar-refractivity contribution in [3.8, 4) is 11.5 Å². The van der Waals surface area contributed by atoms with Gasteiger partial charge in [-0.3, -0.25) is 0 Å². The summed E-state index contributed by atoms with van der Waals surface area (Å²) in [5.74, 6) is 0.905. The van der Waals surface area contributed by atoms with Gasteiger partial charge in [-0.1, -0.05) is 34.1 Å². The Balaban J connectivity index is 1.59. The minimum absolute atomic E-state index is 0.266. The summed E-state index contributed by atoms with van der Waals surface area (Å²) in [4.78, 5) is 12.4. The molecule has 7 heteroatoms. The van der Waals surface area contributed by atoms with Crippen LogP contribution in [0.5, 0.6) is 0 Å². The number of rotatable bonds is 5. The second kappa shape index (κ2) is 8.36. The summed E-state index contributed by atoms with van der Waals surface area (Å²) in [6.07, 6.45) is 3.95. The number of aryl methyl sites for hydroxylation is 1. The lowest BCUT2D eigenvalue weighted by molar-refractivity contribution is 0.251. The molecule has 4 rings (SSSR count). The molecule has 29 heavy (non-hydrogen) atoms. The molecule has 2 aromatic carbocycles. The van der Waals surface area contributed by atoms with Gasteiger partial charge in [-0.05, 0) is 55.5 Å². The third kappa shape index (κ3) is 4.25. The monoisotopic (exact) mass is 449 g/mol. The van der Waals surface area contributed by atoms with Crippen molar-refractivity contribution in [1.82, 2.24) is 19.7 Å². The number of hydrogen-bond acceptors (Lipinski definition) is 2. The maximum Gasteiger partial charge on any atom is 0.319 e. The molecular weight excluding hydrogens is 430 g/mol. The molecule has 4 aromatic rings. The second-order valence-corrected chi connectivity index (χ2v) is 7.46. The zero-order valence-electron chi connectivity index (χ0n) is 15.8. The van der Waals surface area contributed by atoms with Gasteiger partial charge in [-0.15, -0.1) is 0 Å². The molecule has 146 valence electrons. The summed E-state index contributed by atoms with van der Waals surface area (Å²) in [6.45, 7) is 2.31. The molecule has 0 fully saturated rings. The van der Waals surface area contributed by atoms with Crippen LogP contribution in [-0.2, 0) is 6.54 Å². The minimum atomic E-state index is -0.266. The molecule has 0 saturated heterocycles. The fourth-order valence-electron chi connectivity index (χ4n) is 3.12. The molecule has 2 aromatic heterocycles.